The lowest BCUT2D eigenvalue weighted by molar-refractivity contribution is 0.0712. The van der Waals surface area contributed by atoms with Gasteiger partial charge in [-0.05, 0) is 117 Å². The summed E-state index contributed by atoms with van der Waals surface area (Å²) in [6, 6.07) is 11.7. The Bertz CT molecular complexity index is 991. The molecule has 4 atom stereocenters. The molecule has 0 spiro atoms. The van der Waals surface area contributed by atoms with Crippen LogP contribution in [0.3, 0.4) is 0 Å². The SMILES string of the molecule is CCCC1CCC(C2CCC3CC(c4ccc(COc5ccc(C)c(F)c5F)cc4)CCC3C2)CC1. The normalized spacial score (nSPS) is 30.6. The van der Waals surface area contributed by atoms with Crippen molar-refractivity contribution in [2.24, 2.45) is 29.6 Å². The summed E-state index contributed by atoms with van der Waals surface area (Å²) in [6.07, 6.45) is 17.2. The summed E-state index contributed by atoms with van der Waals surface area (Å²) in [6.45, 7) is 4.14. The lowest BCUT2D eigenvalue weighted by atomic mass is 9.60. The molecule has 0 N–H and O–H groups in total. The molecule has 0 bridgehead atoms. The minimum absolute atomic E-state index is 0.0231. The summed E-state index contributed by atoms with van der Waals surface area (Å²) < 4.78 is 33.5. The van der Waals surface area contributed by atoms with Crippen LogP contribution in [0.15, 0.2) is 36.4 Å². The van der Waals surface area contributed by atoms with Crippen LogP contribution in [0.25, 0.3) is 0 Å². The zero-order valence-electron chi connectivity index (χ0n) is 22.3. The topological polar surface area (TPSA) is 9.23 Å². The average Bonchev–Trinajstić information content (AvgIpc) is 2.92. The molecule has 5 rings (SSSR count). The lowest BCUT2D eigenvalue weighted by Crippen LogP contribution is -2.34. The second-order valence-corrected chi connectivity index (χ2v) is 12.2. The third-order valence-electron chi connectivity index (χ3n) is 9.99. The van der Waals surface area contributed by atoms with Crippen molar-refractivity contribution in [1.82, 2.24) is 0 Å². The smallest absolute Gasteiger partial charge is 0.200 e. The highest BCUT2D eigenvalue weighted by Gasteiger charge is 2.39. The lowest BCUT2D eigenvalue weighted by Gasteiger charge is -2.45. The number of benzene rings is 2. The van der Waals surface area contributed by atoms with Crippen LogP contribution in [0.5, 0.6) is 5.75 Å². The van der Waals surface area contributed by atoms with Crippen molar-refractivity contribution in [3.63, 3.8) is 0 Å². The Morgan fingerprint density at radius 1 is 0.722 bits per heavy atom. The molecule has 0 amide bonds. The van der Waals surface area contributed by atoms with E-state index in [-0.39, 0.29) is 12.4 Å². The van der Waals surface area contributed by atoms with Gasteiger partial charge in [0.15, 0.2) is 11.6 Å². The van der Waals surface area contributed by atoms with Gasteiger partial charge in [0.25, 0.3) is 0 Å². The van der Waals surface area contributed by atoms with Gasteiger partial charge in [0.1, 0.15) is 6.61 Å². The molecule has 3 saturated carbocycles. The first-order chi connectivity index (χ1) is 17.5. The van der Waals surface area contributed by atoms with E-state index < -0.39 is 11.6 Å². The third-order valence-corrected chi connectivity index (χ3v) is 9.99. The van der Waals surface area contributed by atoms with Gasteiger partial charge in [-0.25, -0.2) is 4.39 Å². The first kappa shape index (κ1) is 25.7. The number of rotatable bonds is 7. The van der Waals surface area contributed by atoms with Crippen LogP contribution in [0.1, 0.15) is 107 Å². The van der Waals surface area contributed by atoms with Gasteiger partial charge in [0.2, 0.25) is 5.82 Å². The van der Waals surface area contributed by atoms with Crippen LogP contribution in [0.2, 0.25) is 0 Å². The minimum Gasteiger partial charge on any atom is -0.486 e. The second-order valence-electron chi connectivity index (χ2n) is 12.2. The summed E-state index contributed by atoms with van der Waals surface area (Å²) in [5.41, 5.74) is 2.71. The van der Waals surface area contributed by atoms with Gasteiger partial charge in [-0.3, -0.25) is 0 Å². The van der Waals surface area contributed by atoms with Gasteiger partial charge in [0.05, 0.1) is 0 Å². The van der Waals surface area contributed by atoms with Crippen molar-refractivity contribution in [2.75, 3.05) is 0 Å². The Morgan fingerprint density at radius 2 is 1.36 bits per heavy atom. The maximum absolute atomic E-state index is 14.1. The Hall–Kier alpha value is -1.90. The quantitative estimate of drug-likeness (QED) is 0.372. The predicted molar refractivity (Wildman–Crippen MR) is 143 cm³/mol. The molecule has 36 heavy (non-hydrogen) atoms. The average molecular weight is 495 g/mol. The molecule has 0 saturated heterocycles. The number of aryl methyl sites for hydroxylation is 1. The maximum Gasteiger partial charge on any atom is 0.200 e. The molecule has 0 heterocycles. The van der Waals surface area contributed by atoms with Gasteiger partial charge in [-0.1, -0.05) is 62.9 Å². The maximum atomic E-state index is 14.1. The molecular weight excluding hydrogens is 450 g/mol. The Kier molecular flexibility index (Phi) is 8.33. The highest BCUT2D eigenvalue weighted by Crippen LogP contribution is 2.51. The number of hydrogen-bond donors (Lipinski definition) is 0. The van der Waals surface area contributed by atoms with Gasteiger partial charge in [0, 0.05) is 0 Å². The van der Waals surface area contributed by atoms with Crippen molar-refractivity contribution in [1.29, 1.82) is 0 Å². The number of halogens is 2. The highest BCUT2D eigenvalue weighted by atomic mass is 19.2. The third kappa shape index (κ3) is 5.81. The van der Waals surface area contributed by atoms with Crippen molar-refractivity contribution < 1.29 is 13.5 Å². The molecule has 3 aliphatic carbocycles. The fraction of sp³-hybridized carbons (Fsp3) is 0.636. The molecule has 0 aromatic heterocycles. The van der Waals surface area contributed by atoms with Crippen molar-refractivity contribution in [2.45, 2.75) is 103 Å². The molecule has 3 heteroatoms. The molecule has 2 aromatic rings. The predicted octanol–water partition coefficient (Wildman–Crippen LogP) is 9.76. The Balaban J connectivity index is 1.11. The minimum atomic E-state index is -0.901. The molecule has 2 aromatic carbocycles. The first-order valence-corrected chi connectivity index (χ1v) is 14.7. The fourth-order valence-corrected chi connectivity index (χ4v) is 7.80. The molecule has 4 unspecified atom stereocenters. The molecule has 3 fully saturated rings. The molecule has 0 aliphatic heterocycles. The zero-order chi connectivity index (χ0) is 25.1. The van der Waals surface area contributed by atoms with Crippen LogP contribution in [0.4, 0.5) is 8.78 Å². The van der Waals surface area contributed by atoms with Crippen LogP contribution < -0.4 is 4.74 Å². The number of fused-ring (bicyclic) bond motifs is 1. The van der Waals surface area contributed by atoms with E-state index >= 15 is 0 Å². The van der Waals surface area contributed by atoms with E-state index in [1.807, 2.05) is 0 Å². The van der Waals surface area contributed by atoms with E-state index in [0.29, 0.717) is 11.5 Å². The Morgan fingerprint density at radius 3 is 2.08 bits per heavy atom. The summed E-state index contributed by atoms with van der Waals surface area (Å²) in [4.78, 5) is 0. The standard InChI is InChI=1S/C33H44F2O/c1-3-4-23-6-10-25(11-7-23)27-14-16-30-20-28(15-17-29(30)19-27)26-12-8-24(9-13-26)21-36-31-18-5-22(2)32(34)33(31)35/h5,8-9,12-13,18,23,25,27-30H,3-4,6-7,10-11,14-17,19-21H2,1-2H3. The molecule has 196 valence electrons. The van der Waals surface area contributed by atoms with Gasteiger partial charge >= 0.3 is 0 Å². The van der Waals surface area contributed by atoms with E-state index in [0.717, 1.165) is 35.2 Å². The van der Waals surface area contributed by atoms with Gasteiger partial charge in [-0.2, -0.15) is 4.39 Å². The fourth-order valence-electron chi connectivity index (χ4n) is 7.80. The molecule has 1 nitrogen and oxygen atoms in total. The monoisotopic (exact) mass is 494 g/mol. The second kappa shape index (κ2) is 11.7. The molecule has 3 aliphatic rings. The zero-order valence-corrected chi connectivity index (χ0v) is 22.3. The van der Waals surface area contributed by atoms with Crippen LogP contribution >= 0.6 is 0 Å². The van der Waals surface area contributed by atoms with Crippen LogP contribution in [-0.4, -0.2) is 0 Å². The van der Waals surface area contributed by atoms with Crippen LogP contribution in [-0.2, 0) is 6.61 Å². The first-order valence-electron chi connectivity index (χ1n) is 14.7. The van der Waals surface area contributed by atoms with E-state index in [9.17, 15) is 8.78 Å². The van der Waals surface area contributed by atoms with Crippen molar-refractivity contribution in [3.05, 3.63) is 64.7 Å². The summed E-state index contributed by atoms with van der Waals surface area (Å²) in [7, 11) is 0. The summed E-state index contributed by atoms with van der Waals surface area (Å²) in [5.74, 6) is 3.78. The van der Waals surface area contributed by atoms with Crippen molar-refractivity contribution >= 4 is 0 Å². The largest absolute Gasteiger partial charge is 0.486 e. The van der Waals surface area contributed by atoms with Crippen molar-refractivity contribution in [3.8, 4) is 5.75 Å². The summed E-state index contributed by atoms with van der Waals surface area (Å²) in [5, 5.41) is 0. The number of ether oxygens (including phenoxy) is 1. The molecular formula is C33H44F2O. The highest BCUT2D eigenvalue weighted by molar-refractivity contribution is 5.31. The number of hydrogen-bond acceptors (Lipinski definition) is 1. The van der Waals surface area contributed by atoms with Gasteiger partial charge < -0.3 is 4.74 Å². The summed E-state index contributed by atoms with van der Waals surface area (Å²) >= 11 is 0. The van der Waals surface area contributed by atoms with Gasteiger partial charge in [-0.15, -0.1) is 0 Å². The van der Waals surface area contributed by atoms with Crippen LogP contribution in [0, 0.1) is 48.1 Å². The molecule has 0 radical (unpaired) electrons. The van der Waals surface area contributed by atoms with E-state index in [4.69, 9.17) is 4.74 Å². The van der Waals surface area contributed by atoms with E-state index in [1.54, 1.807) is 13.0 Å². The van der Waals surface area contributed by atoms with E-state index in [1.165, 1.54) is 88.7 Å². The van der Waals surface area contributed by atoms with E-state index in [2.05, 4.69) is 31.2 Å². The Labute approximate surface area is 217 Å².